The lowest BCUT2D eigenvalue weighted by atomic mass is 10.1. The highest BCUT2D eigenvalue weighted by Gasteiger charge is 2.24. The summed E-state index contributed by atoms with van der Waals surface area (Å²) in [6.45, 7) is 1.37. The predicted molar refractivity (Wildman–Crippen MR) is 116 cm³/mol. The van der Waals surface area contributed by atoms with Crippen molar-refractivity contribution in [3.8, 4) is 0 Å². The maximum atomic E-state index is 12.4. The molecule has 0 saturated heterocycles. The van der Waals surface area contributed by atoms with E-state index in [0.29, 0.717) is 44.5 Å². The topological polar surface area (TPSA) is 127 Å². The predicted octanol–water partition coefficient (Wildman–Crippen LogP) is 2.40. The Morgan fingerprint density at radius 2 is 2.10 bits per heavy atom. The summed E-state index contributed by atoms with van der Waals surface area (Å²) in [6.07, 6.45) is 6.01. The highest BCUT2D eigenvalue weighted by Crippen LogP contribution is 2.24. The number of hydrogen-bond acceptors (Lipinski definition) is 8. The van der Waals surface area contributed by atoms with E-state index < -0.39 is 6.04 Å². The largest absolute Gasteiger partial charge is 0.372 e. The molecule has 1 aliphatic heterocycles. The molecule has 162 valence electrons. The Morgan fingerprint density at radius 1 is 1.32 bits per heavy atom. The molecule has 2 aromatic rings. The van der Waals surface area contributed by atoms with Gasteiger partial charge in [0.15, 0.2) is 0 Å². The van der Waals surface area contributed by atoms with Crippen molar-refractivity contribution >= 4 is 18.1 Å². The fourth-order valence-electron chi connectivity index (χ4n) is 4.08. The number of nitrogens with one attached hydrogen (secondary N) is 3. The first-order chi connectivity index (χ1) is 15.2. The maximum absolute atomic E-state index is 12.4. The molecule has 2 aliphatic rings. The van der Waals surface area contributed by atoms with Crippen molar-refractivity contribution in [1.29, 1.82) is 10.9 Å². The molecule has 1 aromatic heterocycles. The standard InChI is InChI=1S/C22H27N7O2/c23-11-18(28-24)6-8-31-14-21(30)29-7-5-20-17(13-29)12-25-22(27-20)26-19-9-15-3-1-2-4-16(15)10-19/h1-4,11-12,18-19,23-24H,5-10,13-14H2,(H,25,26,27). The summed E-state index contributed by atoms with van der Waals surface area (Å²) < 4.78 is 5.41. The number of fused-ring (bicyclic) bond motifs is 2. The Balaban J connectivity index is 1.27. The van der Waals surface area contributed by atoms with Crippen LogP contribution in [0.1, 0.15) is 28.8 Å². The summed E-state index contributed by atoms with van der Waals surface area (Å²) in [6, 6.07) is 8.35. The second kappa shape index (κ2) is 9.74. The van der Waals surface area contributed by atoms with E-state index in [9.17, 15) is 4.79 Å². The summed E-state index contributed by atoms with van der Waals surface area (Å²) in [5.41, 5.74) is 11.7. The van der Waals surface area contributed by atoms with Crippen LogP contribution in [0.4, 0.5) is 5.95 Å². The summed E-state index contributed by atoms with van der Waals surface area (Å²) in [4.78, 5) is 23.4. The van der Waals surface area contributed by atoms with E-state index in [1.54, 1.807) is 4.90 Å². The monoisotopic (exact) mass is 421 g/mol. The number of carbonyl (C=O) groups is 1. The lowest BCUT2D eigenvalue weighted by Crippen LogP contribution is -2.39. The van der Waals surface area contributed by atoms with Crippen LogP contribution in [0.2, 0.25) is 0 Å². The van der Waals surface area contributed by atoms with Gasteiger partial charge in [0.05, 0.1) is 5.69 Å². The first-order valence-electron chi connectivity index (χ1n) is 10.6. The number of benzene rings is 1. The van der Waals surface area contributed by atoms with Gasteiger partial charge < -0.3 is 20.4 Å². The Morgan fingerprint density at radius 3 is 2.81 bits per heavy atom. The lowest BCUT2D eigenvalue weighted by molar-refractivity contribution is -0.137. The molecule has 2 heterocycles. The minimum atomic E-state index is -0.477. The van der Waals surface area contributed by atoms with E-state index in [4.69, 9.17) is 20.7 Å². The highest BCUT2D eigenvalue weighted by molar-refractivity contribution is 5.77. The van der Waals surface area contributed by atoms with Crippen LogP contribution in [-0.4, -0.2) is 58.8 Å². The molecule has 31 heavy (non-hydrogen) atoms. The minimum Gasteiger partial charge on any atom is -0.372 e. The van der Waals surface area contributed by atoms with Gasteiger partial charge in [-0.2, -0.15) is 5.11 Å². The molecule has 1 unspecified atom stereocenters. The summed E-state index contributed by atoms with van der Waals surface area (Å²) in [7, 11) is 0. The Hall–Kier alpha value is -3.20. The number of amides is 1. The van der Waals surface area contributed by atoms with E-state index >= 15 is 0 Å². The number of hydrogen-bond donors (Lipinski definition) is 3. The molecule has 0 bridgehead atoms. The SMILES string of the molecule is N=CC(CCOCC(=O)N1CCc2nc(NC3Cc4ccccc4C3)ncc2C1)N=N. The molecule has 4 rings (SSSR count). The zero-order chi connectivity index (χ0) is 21.6. The van der Waals surface area contributed by atoms with Crippen molar-refractivity contribution in [2.75, 3.05) is 25.1 Å². The van der Waals surface area contributed by atoms with E-state index in [-0.39, 0.29) is 12.5 Å². The maximum Gasteiger partial charge on any atom is 0.248 e. The second-order valence-corrected chi connectivity index (χ2v) is 7.95. The quantitative estimate of drug-likeness (QED) is 0.325. The third-order valence-electron chi connectivity index (χ3n) is 5.81. The molecule has 1 atom stereocenters. The molecule has 1 aliphatic carbocycles. The molecule has 9 nitrogen and oxygen atoms in total. The number of rotatable bonds is 9. The average Bonchev–Trinajstić information content (AvgIpc) is 3.21. The Labute approximate surface area is 181 Å². The normalized spacial score (nSPS) is 16.3. The van der Waals surface area contributed by atoms with Crippen LogP contribution in [0.25, 0.3) is 0 Å². The molecule has 9 heteroatoms. The fourth-order valence-corrected chi connectivity index (χ4v) is 4.08. The fraction of sp³-hybridized carbons (Fsp3) is 0.455. The summed E-state index contributed by atoms with van der Waals surface area (Å²) in [5, 5.41) is 13.9. The van der Waals surface area contributed by atoms with Gasteiger partial charge in [0.25, 0.3) is 0 Å². The van der Waals surface area contributed by atoms with E-state index in [2.05, 4.69) is 39.7 Å². The van der Waals surface area contributed by atoms with Gasteiger partial charge in [-0.3, -0.25) is 4.79 Å². The van der Waals surface area contributed by atoms with Crippen molar-refractivity contribution in [3.05, 3.63) is 52.8 Å². The molecule has 0 spiro atoms. The number of carbonyl (C=O) groups excluding carboxylic acids is 1. The number of ether oxygens (including phenoxy) is 1. The minimum absolute atomic E-state index is 0.0131. The lowest BCUT2D eigenvalue weighted by Gasteiger charge is -2.28. The van der Waals surface area contributed by atoms with Crippen LogP contribution >= 0.6 is 0 Å². The Kier molecular flexibility index (Phi) is 6.61. The van der Waals surface area contributed by atoms with Crippen LogP contribution in [0.5, 0.6) is 0 Å². The van der Waals surface area contributed by atoms with E-state index in [1.165, 1.54) is 11.1 Å². The van der Waals surface area contributed by atoms with Crippen molar-refractivity contribution in [2.45, 2.75) is 44.3 Å². The van der Waals surface area contributed by atoms with Gasteiger partial charge in [0, 0.05) is 50.1 Å². The zero-order valence-electron chi connectivity index (χ0n) is 17.4. The third kappa shape index (κ3) is 5.11. The number of anilines is 1. The van der Waals surface area contributed by atoms with Crippen LogP contribution in [0, 0.1) is 10.9 Å². The average molecular weight is 422 g/mol. The smallest absolute Gasteiger partial charge is 0.248 e. The summed E-state index contributed by atoms with van der Waals surface area (Å²) in [5.74, 6) is 0.575. The number of nitrogens with zero attached hydrogens (tertiary/aromatic N) is 4. The molecule has 0 saturated carbocycles. The van der Waals surface area contributed by atoms with Gasteiger partial charge in [-0.1, -0.05) is 24.3 Å². The van der Waals surface area contributed by atoms with Gasteiger partial charge in [0.1, 0.15) is 12.6 Å². The molecule has 3 N–H and O–H groups in total. The van der Waals surface area contributed by atoms with Gasteiger partial charge in [0.2, 0.25) is 11.9 Å². The van der Waals surface area contributed by atoms with Crippen molar-refractivity contribution in [3.63, 3.8) is 0 Å². The van der Waals surface area contributed by atoms with Gasteiger partial charge in [-0.15, -0.1) is 0 Å². The zero-order valence-corrected chi connectivity index (χ0v) is 17.4. The molecule has 1 amide bonds. The van der Waals surface area contributed by atoms with Crippen molar-refractivity contribution in [1.82, 2.24) is 14.9 Å². The highest BCUT2D eigenvalue weighted by atomic mass is 16.5. The van der Waals surface area contributed by atoms with Gasteiger partial charge in [-0.05, 0) is 30.4 Å². The number of aromatic nitrogens is 2. The first-order valence-corrected chi connectivity index (χ1v) is 10.6. The Bertz CT molecular complexity index is 932. The van der Waals surface area contributed by atoms with E-state index in [1.807, 2.05) is 6.20 Å². The van der Waals surface area contributed by atoms with Gasteiger partial charge in [-0.25, -0.2) is 15.5 Å². The molecular weight excluding hydrogens is 394 g/mol. The molecule has 0 radical (unpaired) electrons. The van der Waals surface area contributed by atoms with Crippen LogP contribution in [0.3, 0.4) is 0 Å². The van der Waals surface area contributed by atoms with E-state index in [0.717, 1.165) is 30.3 Å². The van der Waals surface area contributed by atoms with Crippen LogP contribution < -0.4 is 5.32 Å². The first kappa shape index (κ1) is 21.0. The van der Waals surface area contributed by atoms with Crippen molar-refractivity contribution < 1.29 is 9.53 Å². The molecule has 1 aromatic carbocycles. The third-order valence-corrected chi connectivity index (χ3v) is 5.81. The second-order valence-electron chi connectivity index (χ2n) is 7.95. The molecule has 0 fully saturated rings. The molecular formula is C22H27N7O2. The summed E-state index contributed by atoms with van der Waals surface area (Å²) >= 11 is 0. The van der Waals surface area contributed by atoms with Crippen molar-refractivity contribution in [2.24, 2.45) is 5.11 Å². The van der Waals surface area contributed by atoms with Gasteiger partial charge >= 0.3 is 0 Å². The van der Waals surface area contributed by atoms with Crippen LogP contribution in [-0.2, 0) is 35.3 Å². The van der Waals surface area contributed by atoms with Crippen LogP contribution in [0.15, 0.2) is 35.6 Å².